The summed E-state index contributed by atoms with van der Waals surface area (Å²) in [7, 11) is 1.83. The molecule has 1 aliphatic heterocycles. The van der Waals surface area contributed by atoms with Gasteiger partial charge in [-0.1, -0.05) is 37.5 Å². The SMILES string of the molecule is CN=C(NCc1coc(-c2ccccc2)n1)NC1CCN(CC2CCCCC2)CC1. The zero-order valence-electron chi connectivity index (χ0n) is 18.1. The number of nitrogens with one attached hydrogen (secondary N) is 2. The Hall–Kier alpha value is -2.34. The maximum atomic E-state index is 5.62. The first-order valence-electron chi connectivity index (χ1n) is 11.5. The fourth-order valence-electron chi connectivity index (χ4n) is 4.66. The first-order valence-corrected chi connectivity index (χ1v) is 11.5. The Bertz CT molecular complexity index is 789. The Kier molecular flexibility index (Phi) is 7.40. The highest BCUT2D eigenvalue weighted by Crippen LogP contribution is 2.25. The van der Waals surface area contributed by atoms with Crippen LogP contribution in [0.25, 0.3) is 11.5 Å². The molecule has 0 bridgehead atoms. The van der Waals surface area contributed by atoms with Crippen molar-refractivity contribution in [2.75, 3.05) is 26.7 Å². The average molecular weight is 410 g/mol. The molecule has 1 aromatic carbocycles. The highest BCUT2D eigenvalue weighted by atomic mass is 16.3. The van der Waals surface area contributed by atoms with Gasteiger partial charge in [0.2, 0.25) is 5.89 Å². The summed E-state index contributed by atoms with van der Waals surface area (Å²) in [6, 6.07) is 10.5. The topological polar surface area (TPSA) is 65.7 Å². The molecule has 0 amide bonds. The Morgan fingerprint density at radius 2 is 1.87 bits per heavy atom. The van der Waals surface area contributed by atoms with Crippen LogP contribution >= 0.6 is 0 Å². The first kappa shape index (κ1) is 20.9. The average Bonchev–Trinajstić information content (AvgIpc) is 3.28. The number of aliphatic imine (C=N–C) groups is 1. The minimum absolute atomic E-state index is 0.482. The zero-order chi connectivity index (χ0) is 20.6. The van der Waals surface area contributed by atoms with Crippen LogP contribution in [0.5, 0.6) is 0 Å². The van der Waals surface area contributed by atoms with Gasteiger partial charge in [0.1, 0.15) is 6.26 Å². The molecule has 2 N–H and O–H groups in total. The normalized spacial score (nSPS) is 19.7. The lowest BCUT2D eigenvalue weighted by molar-refractivity contribution is 0.160. The fourth-order valence-corrected chi connectivity index (χ4v) is 4.66. The molecular weight excluding hydrogens is 374 g/mol. The Morgan fingerprint density at radius 3 is 2.60 bits per heavy atom. The smallest absolute Gasteiger partial charge is 0.226 e. The van der Waals surface area contributed by atoms with E-state index in [1.807, 2.05) is 37.4 Å². The monoisotopic (exact) mass is 409 g/mol. The summed E-state index contributed by atoms with van der Waals surface area (Å²) >= 11 is 0. The van der Waals surface area contributed by atoms with Crippen molar-refractivity contribution in [2.45, 2.75) is 57.5 Å². The summed E-state index contributed by atoms with van der Waals surface area (Å²) in [5, 5.41) is 6.97. The van der Waals surface area contributed by atoms with E-state index in [1.54, 1.807) is 6.26 Å². The van der Waals surface area contributed by atoms with E-state index in [2.05, 4.69) is 25.5 Å². The van der Waals surface area contributed by atoms with Crippen LogP contribution in [0.3, 0.4) is 0 Å². The summed E-state index contributed by atoms with van der Waals surface area (Å²) < 4.78 is 5.62. The zero-order valence-corrected chi connectivity index (χ0v) is 18.1. The second-order valence-corrected chi connectivity index (χ2v) is 8.66. The van der Waals surface area contributed by atoms with Crippen LogP contribution in [0.15, 0.2) is 46.0 Å². The van der Waals surface area contributed by atoms with Crippen molar-refractivity contribution < 1.29 is 4.42 Å². The van der Waals surface area contributed by atoms with Crippen LogP contribution in [0.2, 0.25) is 0 Å². The molecule has 2 aromatic rings. The highest BCUT2D eigenvalue weighted by molar-refractivity contribution is 5.79. The second-order valence-electron chi connectivity index (χ2n) is 8.66. The van der Waals surface area contributed by atoms with Crippen LogP contribution in [0.4, 0.5) is 0 Å². The second kappa shape index (κ2) is 10.6. The fraction of sp³-hybridized carbons (Fsp3) is 0.583. The van der Waals surface area contributed by atoms with Crippen LogP contribution < -0.4 is 10.6 Å². The van der Waals surface area contributed by atoms with Gasteiger partial charge in [-0.25, -0.2) is 4.98 Å². The third-order valence-electron chi connectivity index (χ3n) is 6.40. The third-order valence-corrected chi connectivity index (χ3v) is 6.40. The number of benzene rings is 1. The van der Waals surface area contributed by atoms with Crippen molar-refractivity contribution in [3.8, 4) is 11.5 Å². The highest BCUT2D eigenvalue weighted by Gasteiger charge is 2.23. The number of hydrogen-bond acceptors (Lipinski definition) is 4. The van der Waals surface area contributed by atoms with Crippen LogP contribution in [0, 0.1) is 5.92 Å². The van der Waals surface area contributed by atoms with Gasteiger partial charge in [0.05, 0.1) is 12.2 Å². The number of oxazole rings is 1. The Labute approximate surface area is 180 Å². The molecule has 6 nitrogen and oxygen atoms in total. The summed E-state index contributed by atoms with van der Waals surface area (Å²) in [6.45, 7) is 4.27. The molecule has 2 heterocycles. The van der Waals surface area contributed by atoms with E-state index in [0.717, 1.165) is 23.1 Å². The first-order chi connectivity index (χ1) is 14.8. The molecule has 4 rings (SSSR count). The van der Waals surface area contributed by atoms with E-state index in [9.17, 15) is 0 Å². The predicted molar refractivity (Wildman–Crippen MR) is 121 cm³/mol. The van der Waals surface area contributed by atoms with Gasteiger partial charge in [0.15, 0.2) is 5.96 Å². The maximum absolute atomic E-state index is 5.62. The Balaban J connectivity index is 1.20. The molecule has 1 aliphatic carbocycles. The van der Waals surface area contributed by atoms with Crippen LogP contribution in [0.1, 0.15) is 50.6 Å². The quantitative estimate of drug-likeness (QED) is 0.557. The van der Waals surface area contributed by atoms with Crippen molar-refractivity contribution in [3.05, 3.63) is 42.3 Å². The van der Waals surface area contributed by atoms with E-state index in [1.165, 1.54) is 64.6 Å². The Morgan fingerprint density at radius 1 is 1.10 bits per heavy atom. The molecule has 1 saturated carbocycles. The summed E-state index contributed by atoms with van der Waals surface area (Å²) in [5.74, 6) is 2.42. The largest absolute Gasteiger partial charge is 0.444 e. The molecule has 162 valence electrons. The van der Waals surface area contributed by atoms with Crippen molar-refractivity contribution in [3.63, 3.8) is 0 Å². The maximum Gasteiger partial charge on any atom is 0.226 e. The predicted octanol–water partition coefficient (Wildman–Crippen LogP) is 4.05. The number of piperidine rings is 1. The molecule has 2 aliphatic rings. The number of likely N-dealkylation sites (tertiary alicyclic amines) is 1. The van der Waals surface area contributed by atoms with E-state index >= 15 is 0 Å². The van der Waals surface area contributed by atoms with Crippen molar-refractivity contribution >= 4 is 5.96 Å². The van der Waals surface area contributed by atoms with E-state index in [4.69, 9.17) is 4.42 Å². The number of nitrogens with zero attached hydrogens (tertiary/aromatic N) is 3. The minimum atomic E-state index is 0.482. The lowest BCUT2D eigenvalue weighted by atomic mass is 9.88. The van der Waals surface area contributed by atoms with Crippen molar-refractivity contribution in [1.82, 2.24) is 20.5 Å². The third kappa shape index (κ3) is 5.85. The standard InChI is InChI=1S/C24H35N5O/c1-25-24(26-16-22-18-30-23(27-22)20-10-6-3-7-11-20)28-21-12-14-29(15-13-21)17-19-8-4-2-5-9-19/h3,6-7,10-11,18-19,21H,2,4-5,8-9,12-17H2,1H3,(H2,25,26,28). The minimum Gasteiger partial charge on any atom is -0.444 e. The molecule has 1 saturated heterocycles. The van der Waals surface area contributed by atoms with Gasteiger partial charge in [0, 0.05) is 38.3 Å². The lowest BCUT2D eigenvalue weighted by Gasteiger charge is -2.36. The number of rotatable bonds is 6. The van der Waals surface area contributed by atoms with Gasteiger partial charge in [-0.05, 0) is 43.7 Å². The van der Waals surface area contributed by atoms with Gasteiger partial charge >= 0.3 is 0 Å². The molecule has 6 heteroatoms. The van der Waals surface area contributed by atoms with Crippen molar-refractivity contribution in [2.24, 2.45) is 10.9 Å². The van der Waals surface area contributed by atoms with E-state index in [-0.39, 0.29) is 0 Å². The van der Waals surface area contributed by atoms with Crippen LogP contribution in [-0.4, -0.2) is 48.6 Å². The number of aromatic nitrogens is 1. The molecule has 2 fully saturated rings. The number of hydrogen-bond donors (Lipinski definition) is 2. The van der Waals surface area contributed by atoms with Gasteiger partial charge in [-0.3, -0.25) is 4.99 Å². The summed E-state index contributed by atoms with van der Waals surface area (Å²) in [4.78, 5) is 11.6. The number of guanidine groups is 1. The molecule has 30 heavy (non-hydrogen) atoms. The molecule has 0 spiro atoms. The molecule has 1 aromatic heterocycles. The van der Waals surface area contributed by atoms with E-state index in [0.29, 0.717) is 18.5 Å². The molecule has 0 atom stereocenters. The molecule has 0 radical (unpaired) electrons. The molecule has 0 unspecified atom stereocenters. The summed E-state index contributed by atoms with van der Waals surface area (Å²) in [6.07, 6.45) is 11.2. The van der Waals surface area contributed by atoms with E-state index < -0.39 is 0 Å². The molecular formula is C24H35N5O. The van der Waals surface area contributed by atoms with Gasteiger partial charge in [-0.15, -0.1) is 0 Å². The van der Waals surface area contributed by atoms with Gasteiger partial charge in [-0.2, -0.15) is 0 Å². The van der Waals surface area contributed by atoms with Gasteiger partial charge < -0.3 is 20.0 Å². The van der Waals surface area contributed by atoms with Gasteiger partial charge in [0.25, 0.3) is 0 Å². The van der Waals surface area contributed by atoms with Crippen molar-refractivity contribution in [1.29, 1.82) is 0 Å². The lowest BCUT2D eigenvalue weighted by Crippen LogP contribution is -2.49. The summed E-state index contributed by atoms with van der Waals surface area (Å²) in [5.41, 5.74) is 1.87. The van der Waals surface area contributed by atoms with Crippen LogP contribution in [-0.2, 0) is 6.54 Å².